The van der Waals surface area contributed by atoms with Gasteiger partial charge in [-0.2, -0.15) is 0 Å². The van der Waals surface area contributed by atoms with Gasteiger partial charge in [-0.1, -0.05) is 0 Å². The van der Waals surface area contributed by atoms with Gasteiger partial charge in [0.05, 0.1) is 0 Å². The number of thiazole rings is 1. The second-order valence-corrected chi connectivity index (χ2v) is 3.04. The summed E-state index contributed by atoms with van der Waals surface area (Å²) in [6.07, 6.45) is 1.45. The van der Waals surface area contributed by atoms with E-state index in [0.717, 1.165) is 11.3 Å². The molecule has 1 aromatic heterocycles. The molecule has 0 aliphatic rings. The highest BCUT2D eigenvalue weighted by molar-refractivity contribution is 7.81. The molecule has 8 heavy (non-hydrogen) atoms. The van der Waals surface area contributed by atoms with Crippen molar-refractivity contribution in [2.45, 2.75) is 4.34 Å². The molecule has 0 bridgehead atoms. The van der Waals surface area contributed by atoms with Gasteiger partial charge in [0.1, 0.15) is 0 Å². The molecule has 1 unspecified atom stereocenters. The molecule has 0 fully saturated rings. The molecular formula is C3H2NO2S2-. The first-order valence-electron chi connectivity index (χ1n) is 1.79. The van der Waals surface area contributed by atoms with E-state index >= 15 is 0 Å². The van der Waals surface area contributed by atoms with Crippen LogP contribution in [0.4, 0.5) is 0 Å². The van der Waals surface area contributed by atoms with Gasteiger partial charge < -0.3 is 4.55 Å². The lowest BCUT2D eigenvalue weighted by Crippen LogP contribution is -1.84. The first kappa shape index (κ1) is 5.87. The Morgan fingerprint density at radius 1 is 1.88 bits per heavy atom. The zero-order valence-electron chi connectivity index (χ0n) is 3.73. The number of rotatable bonds is 1. The Balaban J connectivity index is 2.93. The lowest BCUT2D eigenvalue weighted by atomic mass is 11.0. The minimum Gasteiger partial charge on any atom is -0.767 e. The third-order valence-electron chi connectivity index (χ3n) is 0.552. The molecular weight excluding hydrogens is 146 g/mol. The van der Waals surface area contributed by atoms with Crippen LogP contribution in [-0.2, 0) is 11.1 Å². The van der Waals surface area contributed by atoms with Crippen molar-refractivity contribution < 1.29 is 8.76 Å². The predicted octanol–water partition coefficient (Wildman–Crippen LogP) is 0.381. The Kier molecular flexibility index (Phi) is 1.72. The van der Waals surface area contributed by atoms with Gasteiger partial charge in [-0.25, -0.2) is 4.98 Å². The van der Waals surface area contributed by atoms with Crippen LogP contribution in [0.25, 0.3) is 0 Å². The summed E-state index contributed by atoms with van der Waals surface area (Å²) in [5.74, 6) is 0. The van der Waals surface area contributed by atoms with E-state index in [1.54, 1.807) is 5.38 Å². The fourth-order valence-corrected chi connectivity index (χ4v) is 1.28. The van der Waals surface area contributed by atoms with E-state index < -0.39 is 11.1 Å². The minimum atomic E-state index is -2.14. The molecule has 3 nitrogen and oxygen atoms in total. The Morgan fingerprint density at radius 3 is 2.88 bits per heavy atom. The maximum atomic E-state index is 10.0. The fraction of sp³-hybridized carbons (Fsp3) is 0. The summed E-state index contributed by atoms with van der Waals surface area (Å²) in [6, 6.07) is 0. The summed E-state index contributed by atoms with van der Waals surface area (Å²) in [7, 11) is 0. The van der Waals surface area contributed by atoms with Crippen LogP contribution in [0, 0.1) is 0 Å². The Labute approximate surface area is 52.7 Å². The zero-order chi connectivity index (χ0) is 5.98. The maximum Gasteiger partial charge on any atom is 0.166 e. The molecule has 0 saturated carbocycles. The van der Waals surface area contributed by atoms with Crippen molar-refractivity contribution in [2.24, 2.45) is 0 Å². The molecule has 0 N–H and O–H groups in total. The number of nitrogens with zero attached hydrogens (tertiary/aromatic N) is 1. The molecule has 0 aromatic carbocycles. The highest BCUT2D eigenvalue weighted by atomic mass is 32.2. The van der Waals surface area contributed by atoms with E-state index in [1.165, 1.54) is 6.20 Å². The Hall–Kier alpha value is -0.260. The molecule has 0 aliphatic carbocycles. The smallest absolute Gasteiger partial charge is 0.166 e. The van der Waals surface area contributed by atoms with Crippen LogP contribution in [0.5, 0.6) is 0 Å². The molecule has 0 aliphatic heterocycles. The van der Waals surface area contributed by atoms with E-state index in [9.17, 15) is 8.76 Å². The van der Waals surface area contributed by atoms with Crippen molar-refractivity contribution in [2.75, 3.05) is 0 Å². The van der Waals surface area contributed by atoms with Crippen molar-refractivity contribution in [1.29, 1.82) is 0 Å². The first-order chi connectivity index (χ1) is 3.80. The van der Waals surface area contributed by atoms with Crippen LogP contribution in [0.2, 0.25) is 0 Å². The third kappa shape index (κ3) is 1.12. The molecule has 44 valence electrons. The monoisotopic (exact) mass is 148 g/mol. The van der Waals surface area contributed by atoms with Crippen molar-refractivity contribution in [1.82, 2.24) is 4.98 Å². The molecule has 0 spiro atoms. The van der Waals surface area contributed by atoms with Gasteiger partial charge >= 0.3 is 0 Å². The van der Waals surface area contributed by atoms with Gasteiger partial charge in [0.25, 0.3) is 0 Å². The predicted molar refractivity (Wildman–Crippen MR) is 29.3 cm³/mol. The zero-order valence-corrected chi connectivity index (χ0v) is 5.37. The SMILES string of the molecule is O=S([O-])c1nccs1. The average Bonchev–Trinajstić information content (AvgIpc) is 2.12. The summed E-state index contributed by atoms with van der Waals surface area (Å²) in [6.45, 7) is 0. The van der Waals surface area contributed by atoms with Gasteiger partial charge in [-0.15, -0.1) is 11.3 Å². The number of aromatic nitrogens is 1. The van der Waals surface area contributed by atoms with Crippen LogP contribution in [-0.4, -0.2) is 13.7 Å². The molecule has 0 radical (unpaired) electrons. The van der Waals surface area contributed by atoms with Crippen LogP contribution < -0.4 is 0 Å². The molecule has 1 atom stereocenters. The summed E-state index contributed by atoms with van der Waals surface area (Å²) in [4.78, 5) is 3.52. The van der Waals surface area contributed by atoms with E-state index in [1.807, 2.05) is 0 Å². The van der Waals surface area contributed by atoms with E-state index in [-0.39, 0.29) is 4.34 Å². The topological polar surface area (TPSA) is 53.0 Å². The highest BCUT2D eigenvalue weighted by Crippen LogP contribution is 2.06. The van der Waals surface area contributed by atoms with Crippen molar-refractivity contribution in [3.05, 3.63) is 11.6 Å². The highest BCUT2D eigenvalue weighted by Gasteiger charge is 1.89. The van der Waals surface area contributed by atoms with Gasteiger partial charge in [0.2, 0.25) is 0 Å². The molecule has 0 saturated heterocycles. The maximum absolute atomic E-state index is 10.0. The number of hydrogen-bond acceptors (Lipinski definition) is 4. The quantitative estimate of drug-likeness (QED) is 0.541. The molecule has 1 rings (SSSR count). The van der Waals surface area contributed by atoms with Gasteiger partial charge in [0.15, 0.2) is 4.34 Å². The van der Waals surface area contributed by atoms with Crippen LogP contribution in [0.3, 0.4) is 0 Å². The largest absolute Gasteiger partial charge is 0.767 e. The molecule has 1 aromatic rings. The average molecular weight is 148 g/mol. The Bertz CT molecular complexity index is 183. The van der Waals surface area contributed by atoms with Gasteiger partial charge in [-0.3, -0.25) is 4.21 Å². The first-order valence-corrected chi connectivity index (χ1v) is 3.75. The molecule has 0 amide bonds. The minimum absolute atomic E-state index is 0.144. The van der Waals surface area contributed by atoms with E-state index in [0.29, 0.717) is 0 Å². The summed E-state index contributed by atoms with van der Waals surface area (Å²) >= 11 is -1.03. The summed E-state index contributed by atoms with van der Waals surface area (Å²) in [5, 5.41) is 1.62. The molecule has 1 heterocycles. The summed E-state index contributed by atoms with van der Waals surface area (Å²) in [5.41, 5.74) is 0. The second-order valence-electron chi connectivity index (χ2n) is 1.03. The van der Waals surface area contributed by atoms with Crippen molar-refractivity contribution in [3.8, 4) is 0 Å². The van der Waals surface area contributed by atoms with Crippen LogP contribution in [0.15, 0.2) is 15.9 Å². The fourth-order valence-electron chi connectivity index (χ4n) is 0.293. The van der Waals surface area contributed by atoms with E-state index in [4.69, 9.17) is 0 Å². The van der Waals surface area contributed by atoms with Crippen LogP contribution >= 0.6 is 11.3 Å². The molecule has 5 heteroatoms. The lowest BCUT2D eigenvalue weighted by Gasteiger charge is -1.94. The lowest BCUT2D eigenvalue weighted by molar-refractivity contribution is 0.536. The van der Waals surface area contributed by atoms with Gasteiger partial charge in [0, 0.05) is 22.7 Å². The van der Waals surface area contributed by atoms with Crippen LogP contribution in [0.1, 0.15) is 0 Å². The standard InChI is InChI=1S/C3H3NO2S2/c5-8(6)3-4-1-2-7-3/h1-2H,(H,5,6)/p-1. The summed E-state index contributed by atoms with van der Waals surface area (Å²) < 4.78 is 20.2. The van der Waals surface area contributed by atoms with E-state index in [2.05, 4.69) is 4.98 Å². The van der Waals surface area contributed by atoms with Gasteiger partial charge in [-0.05, 0) is 0 Å². The second kappa shape index (κ2) is 2.34. The van der Waals surface area contributed by atoms with Crippen molar-refractivity contribution >= 4 is 22.4 Å². The third-order valence-corrected chi connectivity index (χ3v) is 2.20. The Morgan fingerprint density at radius 2 is 2.62 bits per heavy atom. The van der Waals surface area contributed by atoms with Crippen molar-refractivity contribution in [3.63, 3.8) is 0 Å². The normalized spacial score (nSPS) is 13.6. The number of hydrogen-bond donors (Lipinski definition) is 0.